The molecule has 0 radical (unpaired) electrons. The average molecular weight is 392 g/mol. The summed E-state index contributed by atoms with van der Waals surface area (Å²) in [6.45, 7) is 4.55. The zero-order valence-corrected chi connectivity index (χ0v) is 17.7. The lowest BCUT2D eigenvalue weighted by atomic mass is 9.44. The minimum Gasteiger partial charge on any atom is -0.453 e. The Morgan fingerprint density at radius 1 is 1.00 bits per heavy atom. The Morgan fingerprint density at radius 3 is 2.43 bits per heavy atom. The third-order valence-electron chi connectivity index (χ3n) is 9.72. The van der Waals surface area contributed by atoms with E-state index >= 15 is 0 Å². The van der Waals surface area contributed by atoms with Gasteiger partial charge >= 0.3 is 6.09 Å². The number of ether oxygens (including phenoxy) is 1. The van der Waals surface area contributed by atoms with Crippen molar-refractivity contribution >= 4 is 11.9 Å². The number of alkyl carbamates (subject to hydrolysis) is 1. The second kappa shape index (κ2) is 7.30. The third kappa shape index (κ3) is 3.00. The van der Waals surface area contributed by atoms with Gasteiger partial charge in [-0.25, -0.2) is 4.79 Å². The van der Waals surface area contributed by atoms with Gasteiger partial charge in [0, 0.05) is 12.0 Å². The summed E-state index contributed by atoms with van der Waals surface area (Å²) in [7, 11) is 1.43. The Balaban J connectivity index is 1.50. The molecule has 158 valence electrons. The molecule has 4 aliphatic carbocycles. The van der Waals surface area contributed by atoms with Gasteiger partial charge in [0.25, 0.3) is 0 Å². The van der Waals surface area contributed by atoms with E-state index in [1.165, 1.54) is 32.8 Å². The second-order valence-corrected chi connectivity index (χ2v) is 10.6. The van der Waals surface area contributed by atoms with Crippen molar-refractivity contribution in [1.29, 1.82) is 0 Å². The van der Waals surface area contributed by atoms with E-state index in [0.717, 1.165) is 43.9 Å². The SMILES string of the molecule is COC(=O)N[C@H]1CC[C@@]2(C)[C@@H](CC[C@@H]3[C@@H]2CC[C@]2(C)[C@@H](C(=O)CO)CC[C@@H]32)C1. The molecule has 0 bridgehead atoms. The van der Waals surface area contributed by atoms with Crippen LogP contribution in [-0.4, -0.2) is 36.7 Å². The summed E-state index contributed by atoms with van der Waals surface area (Å²) in [5.74, 6) is 2.90. The predicted octanol–water partition coefficient (Wildman–Crippen LogP) is 3.93. The lowest BCUT2D eigenvalue weighted by molar-refractivity contribution is -0.138. The van der Waals surface area contributed by atoms with Crippen molar-refractivity contribution in [2.75, 3.05) is 13.7 Å². The number of Topliss-reactive ketones (excluding diaryl/α,β-unsaturated/α-hetero) is 1. The monoisotopic (exact) mass is 391 g/mol. The van der Waals surface area contributed by atoms with Crippen LogP contribution in [0.2, 0.25) is 0 Å². The van der Waals surface area contributed by atoms with Crippen molar-refractivity contribution in [2.24, 2.45) is 40.4 Å². The molecule has 0 saturated heterocycles. The number of aliphatic hydroxyl groups is 1. The van der Waals surface area contributed by atoms with Crippen LogP contribution in [-0.2, 0) is 9.53 Å². The first-order valence-corrected chi connectivity index (χ1v) is 11.3. The molecule has 4 rings (SSSR count). The van der Waals surface area contributed by atoms with Crippen LogP contribution in [0.15, 0.2) is 0 Å². The number of ketones is 1. The maximum absolute atomic E-state index is 12.4. The van der Waals surface area contributed by atoms with E-state index in [4.69, 9.17) is 4.74 Å². The Morgan fingerprint density at radius 2 is 1.71 bits per heavy atom. The number of hydrogen-bond acceptors (Lipinski definition) is 4. The second-order valence-electron chi connectivity index (χ2n) is 10.6. The summed E-state index contributed by atoms with van der Waals surface area (Å²) in [5, 5.41) is 12.5. The summed E-state index contributed by atoms with van der Waals surface area (Å²) >= 11 is 0. The smallest absolute Gasteiger partial charge is 0.407 e. The van der Waals surface area contributed by atoms with E-state index in [0.29, 0.717) is 17.3 Å². The highest BCUT2D eigenvalue weighted by molar-refractivity contribution is 5.83. The highest BCUT2D eigenvalue weighted by Gasteiger charge is 2.61. The summed E-state index contributed by atoms with van der Waals surface area (Å²) < 4.78 is 4.80. The van der Waals surface area contributed by atoms with Gasteiger partial charge in [-0.05, 0) is 92.3 Å². The zero-order chi connectivity index (χ0) is 20.1. The average Bonchev–Trinajstić information content (AvgIpc) is 3.04. The van der Waals surface area contributed by atoms with E-state index in [2.05, 4.69) is 19.2 Å². The molecule has 0 aromatic rings. The number of fused-ring (bicyclic) bond motifs is 5. The van der Waals surface area contributed by atoms with Crippen molar-refractivity contribution in [1.82, 2.24) is 5.32 Å². The van der Waals surface area contributed by atoms with Crippen LogP contribution < -0.4 is 5.32 Å². The quantitative estimate of drug-likeness (QED) is 0.764. The van der Waals surface area contributed by atoms with Crippen LogP contribution in [0, 0.1) is 40.4 Å². The molecule has 0 aromatic carbocycles. The summed E-state index contributed by atoms with van der Waals surface area (Å²) in [6, 6.07) is 0.244. The lowest BCUT2D eigenvalue weighted by Gasteiger charge is -2.61. The molecule has 4 saturated carbocycles. The number of amides is 1. The van der Waals surface area contributed by atoms with Gasteiger partial charge in [-0.15, -0.1) is 0 Å². The Kier molecular flexibility index (Phi) is 5.26. The minimum atomic E-state index is -0.304. The molecule has 4 fully saturated rings. The van der Waals surface area contributed by atoms with Crippen molar-refractivity contribution < 1.29 is 19.4 Å². The minimum absolute atomic E-state index is 0.0639. The topological polar surface area (TPSA) is 75.6 Å². The first-order valence-electron chi connectivity index (χ1n) is 11.3. The zero-order valence-electron chi connectivity index (χ0n) is 17.7. The van der Waals surface area contributed by atoms with Gasteiger partial charge < -0.3 is 15.2 Å². The van der Waals surface area contributed by atoms with Gasteiger partial charge in [0.2, 0.25) is 0 Å². The van der Waals surface area contributed by atoms with Crippen LogP contribution in [0.3, 0.4) is 0 Å². The number of rotatable bonds is 3. The molecule has 0 unspecified atom stereocenters. The van der Waals surface area contributed by atoms with Crippen LogP contribution in [0.4, 0.5) is 4.79 Å². The molecule has 2 N–H and O–H groups in total. The van der Waals surface area contributed by atoms with E-state index in [9.17, 15) is 14.7 Å². The first-order chi connectivity index (χ1) is 13.3. The molecule has 0 aromatic heterocycles. The maximum atomic E-state index is 12.4. The number of carbonyl (C=O) groups is 2. The van der Waals surface area contributed by atoms with Gasteiger partial charge in [-0.3, -0.25) is 4.79 Å². The fourth-order valence-electron chi connectivity index (χ4n) is 8.25. The summed E-state index contributed by atoms with van der Waals surface area (Å²) in [6.07, 6.45) is 9.95. The van der Waals surface area contributed by atoms with E-state index in [1.54, 1.807) is 0 Å². The molecular formula is C23H37NO4. The van der Waals surface area contributed by atoms with E-state index in [1.807, 2.05) is 0 Å². The van der Waals surface area contributed by atoms with Gasteiger partial charge in [0.05, 0.1) is 7.11 Å². The largest absolute Gasteiger partial charge is 0.453 e. The van der Waals surface area contributed by atoms with Crippen LogP contribution in [0.25, 0.3) is 0 Å². The molecule has 28 heavy (non-hydrogen) atoms. The van der Waals surface area contributed by atoms with Crippen LogP contribution in [0.5, 0.6) is 0 Å². The van der Waals surface area contributed by atoms with Gasteiger partial charge in [0.1, 0.15) is 6.61 Å². The maximum Gasteiger partial charge on any atom is 0.407 e. The lowest BCUT2D eigenvalue weighted by Crippen LogP contribution is -2.55. The highest BCUT2D eigenvalue weighted by Crippen LogP contribution is 2.67. The van der Waals surface area contributed by atoms with Crippen molar-refractivity contribution in [3.63, 3.8) is 0 Å². The predicted molar refractivity (Wildman–Crippen MR) is 107 cm³/mol. The Labute approximate surface area is 169 Å². The molecule has 4 aliphatic rings. The Bertz CT molecular complexity index is 636. The summed E-state index contributed by atoms with van der Waals surface area (Å²) in [5.41, 5.74) is 0.450. The van der Waals surface area contributed by atoms with E-state index < -0.39 is 0 Å². The van der Waals surface area contributed by atoms with Crippen molar-refractivity contribution in [2.45, 2.75) is 77.7 Å². The third-order valence-corrected chi connectivity index (χ3v) is 9.72. The van der Waals surface area contributed by atoms with Crippen LogP contribution >= 0.6 is 0 Å². The van der Waals surface area contributed by atoms with Gasteiger partial charge in [0.15, 0.2) is 5.78 Å². The fraction of sp³-hybridized carbons (Fsp3) is 0.913. The van der Waals surface area contributed by atoms with Crippen molar-refractivity contribution in [3.8, 4) is 0 Å². The normalized spacial score (nSPS) is 47.4. The highest BCUT2D eigenvalue weighted by atomic mass is 16.5. The molecule has 0 aliphatic heterocycles. The van der Waals surface area contributed by atoms with Crippen LogP contribution in [0.1, 0.15) is 71.6 Å². The first kappa shape index (κ1) is 20.2. The van der Waals surface area contributed by atoms with Crippen molar-refractivity contribution in [3.05, 3.63) is 0 Å². The molecule has 0 spiro atoms. The molecule has 1 amide bonds. The van der Waals surface area contributed by atoms with Gasteiger partial charge in [-0.1, -0.05) is 13.8 Å². The standard InChI is InChI=1S/C23H37NO4/c1-22-10-8-15(24-21(27)28-3)12-14(22)4-5-16-17-6-7-19(20(26)13-25)23(17,2)11-9-18(16)22/h14-19,25H,4-13H2,1-3H3,(H,24,27)/t14-,15-,16-,17-,18-,19+,22-,23-/m0/s1. The molecular weight excluding hydrogens is 354 g/mol. The number of hydrogen-bond donors (Lipinski definition) is 2. The number of nitrogens with one attached hydrogen (secondary N) is 1. The number of carbonyl (C=O) groups excluding carboxylic acids is 2. The molecule has 8 atom stereocenters. The fourth-order valence-corrected chi connectivity index (χ4v) is 8.25. The molecule has 5 nitrogen and oxygen atoms in total. The van der Waals surface area contributed by atoms with Gasteiger partial charge in [-0.2, -0.15) is 0 Å². The number of methoxy groups -OCH3 is 1. The Hall–Kier alpha value is -1.10. The molecule has 5 heteroatoms. The number of aliphatic hydroxyl groups excluding tert-OH is 1. The summed E-state index contributed by atoms with van der Waals surface area (Å²) in [4.78, 5) is 24.0. The molecule has 0 heterocycles. The van der Waals surface area contributed by atoms with E-state index in [-0.39, 0.29) is 35.9 Å².